The molecule has 0 saturated carbocycles. The van der Waals surface area contributed by atoms with Crippen LogP contribution in [0.5, 0.6) is 0 Å². The molecular weight excluding hydrogens is 264 g/mol. The first-order chi connectivity index (χ1) is 9.12. The summed E-state index contributed by atoms with van der Waals surface area (Å²) in [5, 5.41) is 11.7. The molecule has 1 heterocycles. The molecule has 0 aliphatic carbocycles. The van der Waals surface area contributed by atoms with Crippen molar-refractivity contribution in [1.82, 2.24) is 5.32 Å². The minimum Gasteiger partial charge on any atom is -0.396 e. The second-order valence-corrected chi connectivity index (χ2v) is 6.73. The molecule has 0 spiro atoms. The van der Waals surface area contributed by atoms with Crippen molar-refractivity contribution >= 4 is 15.7 Å². The van der Waals surface area contributed by atoms with Gasteiger partial charge in [0.1, 0.15) is 0 Å². The van der Waals surface area contributed by atoms with Gasteiger partial charge in [0.2, 0.25) is 10.0 Å². The summed E-state index contributed by atoms with van der Waals surface area (Å²) in [6.07, 6.45) is 1.89. The van der Waals surface area contributed by atoms with E-state index in [9.17, 15) is 8.42 Å². The van der Waals surface area contributed by atoms with Crippen LogP contribution in [0.2, 0.25) is 0 Å². The zero-order chi connectivity index (χ0) is 13.7. The largest absolute Gasteiger partial charge is 0.396 e. The van der Waals surface area contributed by atoms with Crippen molar-refractivity contribution in [3.63, 3.8) is 0 Å². The van der Waals surface area contributed by atoms with E-state index in [2.05, 4.69) is 10.0 Å². The molecule has 0 aromatic heterocycles. The highest BCUT2D eigenvalue weighted by Crippen LogP contribution is 2.18. The van der Waals surface area contributed by atoms with E-state index < -0.39 is 10.0 Å². The molecule has 1 aliphatic rings. The number of aliphatic hydroxyl groups is 1. The van der Waals surface area contributed by atoms with E-state index >= 15 is 0 Å². The lowest BCUT2D eigenvalue weighted by molar-refractivity contribution is 0.299. The molecule has 1 aromatic carbocycles. The third-order valence-electron chi connectivity index (χ3n) is 3.34. The van der Waals surface area contributed by atoms with Crippen molar-refractivity contribution in [1.29, 1.82) is 0 Å². The summed E-state index contributed by atoms with van der Waals surface area (Å²) < 4.78 is 27.0. The maximum Gasteiger partial charge on any atom is 0.235 e. The van der Waals surface area contributed by atoms with Gasteiger partial charge in [0.05, 0.1) is 5.25 Å². The molecule has 0 radical (unpaired) electrons. The highest BCUT2D eigenvalue weighted by Gasteiger charge is 2.26. The Kier molecular flexibility index (Phi) is 4.79. The van der Waals surface area contributed by atoms with Crippen LogP contribution in [0.4, 0.5) is 5.69 Å². The van der Waals surface area contributed by atoms with Crippen LogP contribution >= 0.6 is 0 Å². The van der Waals surface area contributed by atoms with E-state index in [4.69, 9.17) is 5.11 Å². The number of piperidine rings is 1. The maximum absolute atomic E-state index is 12.2. The van der Waals surface area contributed by atoms with E-state index in [0.717, 1.165) is 18.7 Å². The zero-order valence-corrected chi connectivity index (χ0v) is 11.6. The van der Waals surface area contributed by atoms with Crippen LogP contribution < -0.4 is 10.0 Å². The molecule has 1 aromatic rings. The number of hydrogen-bond acceptors (Lipinski definition) is 4. The fourth-order valence-electron chi connectivity index (χ4n) is 2.22. The number of nitrogens with one attached hydrogen (secondary N) is 2. The number of rotatable bonds is 5. The molecule has 0 bridgehead atoms. The predicted octanol–water partition coefficient (Wildman–Crippen LogP) is 0.715. The Morgan fingerprint density at radius 3 is 2.42 bits per heavy atom. The predicted molar refractivity (Wildman–Crippen MR) is 75.7 cm³/mol. The van der Waals surface area contributed by atoms with Gasteiger partial charge in [-0.25, -0.2) is 8.42 Å². The van der Waals surface area contributed by atoms with Gasteiger partial charge in [-0.1, -0.05) is 12.1 Å². The van der Waals surface area contributed by atoms with Gasteiger partial charge in [0.25, 0.3) is 0 Å². The van der Waals surface area contributed by atoms with Crippen LogP contribution in [0.3, 0.4) is 0 Å². The minimum absolute atomic E-state index is 0.0974. The SMILES string of the molecule is O=S(=O)(Nc1ccc(CCO)cc1)C1CCNCC1. The smallest absolute Gasteiger partial charge is 0.235 e. The number of aliphatic hydroxyl groups excluding tert-OH is 1. The number of hydrogen-bond donors (Lipinski definition) is 3. The molecule has 2 rings (SSSR count). The molecule has 1 saturated heterocycles. The van der Waals surface area contributed by atoms with E-state index in [1.54, 1.807) is 12.1 Å². The van der Waals surface area contributed by atoms with Gasteiger partial charge in [-0.3, -0.25) is 4.72 Å². The number of benzene rings is 1. The molecule has 19 heavy (non-hydrogen) atoms. The van der Waals surface area contributed by atoms with Gasteiger partial charge in [-0.15, -0.1) is 0 Å². The van der Waals surface area contributed by atoms with Crippen LogP contribution in [0.15, 0.2) is 24.3 Å². The number of anilines is 1. The quantitative estimate of drug-likeness (QED) is 0.744. The lowest BCUT2D eigenvalue weighted by Gasteiger charge is -2.23. The lowest BCUT2D eigenvalue weighted by Crippen LogP contribution is -2.38. The van der Waals surface area contributed by atoms with Crippen LogP contribution in [0.25, 0.3) is 0 Å². The molecular formula is C13H20N2O3S. The molecule has 3 N–H and O–H groups in total. The molecule has 1 fully saturated rings. The van der Waals surface area contributed by atoms with E-state index in [1.165, 1.54) is 0 Å². The van der Waals surface area contributed by atoms with Crippen molar-refractivity contribution in [2.45, 2.75) is 24.5 Å². The summed E-state index contributed by atoms with van der Waals surface area (Å²) in [5.74, 6) is 0. The molecule has 0 atom stereocenters. The fourth-order valence-corrected chi connectivity index (χ4v) is 3.71. The van der Waals surface area contributed by atoms with Crippen molar-refractivity contribution in [3.05, 3.63) is 29.8 Å². The second-order valence-electron chi connectivity index (χ2n) is 4.77. The summed E-state index contributed by atoms with van der Waals surface area (Å²) in [6.45, 7) is 1.60. The Labute approximate surface area is 114 Å². The zero-order valence-electron chi connectivity index (χ0n) is 10.8. The van der Waals surface area contributed by atoms with Crippen LogP contribution in [-0.4, -0.2) is 38.5 Å². The van der Waals surface area contributed by atoms with Gasteiger partial charge in [0.15, 0.2) is 0 Å². The minimum atomic E-state index is -3.30. The van der Waals surface area contributed by atoms with Gasteiger partial charge in [-0.2, -0.15) is 0 Å². The maximum atomic E-state index is 12.2. The highest BCUT2D eigenvalue weighted by molar-refractivity contribution is 7.93. The van der Waals surface area contributed by atoms with Crippen LogP contribution in [-0.2, 0) is 16.4 Å². The van der Waals surface area contributed by atoms with Crippen molar-refractivity contribution in [2.75, 3.05) is 24.4 Å². The van der Waals surface area contributed by atoms with Crippen LogP contribution in [0, 0.1) is 0 Å². The summed E-state index contributed by atoms with van der Waals surface area (Å²) >= 11 is 0. The lowest BCUT2D eigenvalue weighted by atomic mass is 10.1. The molecule has 1 aliphatic heterocycles. The standard InChI is InChI=1S/C13H20N2O3S/c16-10-7-11-1-3-12(4-2-11)15-19(17,18)13-5-8-14-9-6-13/h1-4,13-16H,5-10H2. The second kappa shape index (κ2) is 6.36. The Morgan fingerprint density at radius 2 is 1.84 bits per heavy atom. The Hall–Kier alpha value is -1.11. The highest BCUT2D eigenvalue weighted by atomic mass is 32.2. The molecule has 5 nitrogen and oxygen atoms in total. The van der Waals surface area contributed by atoms with E-state index in [-0.39, 0.29) is 11.9 Å². The van der Waals surface area contributed by atoms with E-state index in [0.29, 0.717) is 24.9 Å². The summed E-state index contributed by atoms with van der Waals surface area (Å²) in [5.41, 5.74) is 1.58. The fraction of sp³-hybridized carbons (Fsp3) is 0.538. The summed E-state index contributed by atoms with van der Waals surface area (Å²) in [7, 11) is -3.30. The third kappa shape index (κ3) is 3.92. The summed E-state index contributed by atoms with van der Waals surface area (Å²) in [6, 6.07) is 7.14. The Bertz CT molecular complexity index is 493. The van der Waals surface area contributed by atoms with Gasteiger partial charge < -0.3 is 10.4 Å². The first kappa shape index (κ1) is 14.3. The van der Waals surface area contributed by atoms with Crippen molar-refractivity contribution < 1.29 is 13.5 Å². The van der Waals surface area contributed by atoms with E-state index in [1.807, 2.05) is 12.1 Å². The van der Waals surface area contributed by atoms with Gasteiger partial charge in [-0.05, 0) is 50.0 Å². The van der Waals surface area contributed by atoms with Crippen LogP contribution in [0.1, 0.15) is 18.4 Å². The molecule has 0 unspecified atom stereocenters. The Balaban J connectivity index is 2.02. The molecule has 0 amide bonds. The topological polar surface area (TPSA) is 78.4 Å². The van der Waals surface area contributed by atoms with Crippen molar-refractivity contribution in [3.8, 4) is 0 Å². The van der Waals surface area contributed by atoms with Gasteiger partial charge >= 0.3 is 0 Å². The number of sulfonamides is 1. The normalized spacial score (nSPS) is 17.3. The molecule has 106 valence electrons. The van der Waals surface area contributed by atoms with Gasteiger partial charge in [0, 0.05) is 12.3 Å². The molecule has 6 heteroatoms. The Morgan fingerprint density at radius 1 is 1.21 bits per heavy atom. The first-order valence-electron chi connectivity index (χ1n) is 6.54. The monoisotopic (exact) mass is 284 g/mol. The average molecular weight is 284 g/mol. The average Bonchev–Trinajstić information content (AvgIpc) is 2.42. The van der Waals surface area contributed by atoms with Crippen molar-refractivity contribution in [2.24, 2.45) is 0 Å². The summed E-state index contributed by atoms with van der Waals surface area (Å²) in [4.78, 5) is 0. The third-order valence-corrected chi connectivity index (χ3v) is 5.21. The first-order valence-corrected chi connectivity index (χ1v) is 8.08.